The third kappa shape index (κ3) is 3.38. The van der Waals surface area contributed by atoms with Gasteiger partial charge in [0.2, 0.25) is 11.8 Å². The molecule has 1 aliphatic carbocycles. The van der Waals surface area contributed by atoms with Crippen LogP contribution in [0.25, 0.3) is 0 Å². The van der Waals surface area contributed by atoms with E-state index in [9.17, 15) is 14.0 Å². The number of hydrogen-bond donors (Lipinski definition) is 1. The van der Waals surface area contributed by atoms with Crippen LogP contribution >= 0.6 is 0 Å². The van der Waals surface area contributed by atoms with Gasteiger partial charge in [0.25, 0.3) is 0 Å². The van der Waals surface area contributed by atoms with Crippen LogP contribution in [0.2, 0.25) is 0 Å². The summed E-state index contributed by atoms with van der Waals surface area (Å²) in [5, 5.41) is 3.14. The normalized spacial score (nSPS) is 25.7. The van der Waals surface area contributed by atoms with E-state index in [1.54, 1.807) is 24.1 Å². The molecule has 1 saturated carbocycles. The van der Waals surface area contributed by atoms with Gasteiger partial charge in [0.1, 0.15) is 5.82 Å². The molecule has 124 valence electrons. The van der Waals surface area contributed by atoms with Gasteiger partial charge in [0.05, 0.1) is 12.0 Å². The molecule has 0 bridgehead atoms. The molecule has 2 aliphatic rings. The molecule has 3 rings (SSSR count). The zero-order chi connectivity index (χ0) is 16.4. The number of nitrogens with zero attached hydrogens (tertiary/aromatic N) is 1. The van der Waals surface area contributed by atoms with E-state index in [0.717, 1.165) is 31.2 Å². The third-order valence-electron chi connectivity index (χ3n) is 5.11. The summed E-state index contributed by atoms with van der Waals surface area (Å²) in [5.41, 5.74) is 0.813. The predicted octanol–water partition coefficient (Wildman–Crippen LogP) is 2.79. The lowest BCUT2D eigenvalue weighted by molar-refractivity contribution is -0.141. The Bertz CT molecular complexity index is 581. The van der Waals surface area contributed by atoms with Crippen LogP contribution in [0.4, 0.5) is 4.39 Å². The number of benzene rings is 1. The average Bonchev–Trinajstić information content (AvgIpc) is 3.04. The second-order valence-corrected chi connectivity index (χ2v) is 6.64. The molecule has 1 heterocycles. The molecule has 2 amide bonds. The molecular formula is C18H23FN2O2. The van der Waals surface area contributed by atoms with Gasteiger partial charge >= 0.3 is 0 Å². The Balaban J connectivity index is 1.81. The molecule has 1 aromatic rings. The van der Waals surface area contributed by atoms with Crippen LogP contribution in [0.3, 0.4) is 0 Å². The fraction of sp³-hybridized carbons (Fsp3) is 0.556. The SMILES string of the molecule is CN1C(=O)CC[C@H](C(=O)NC2CCCC2)[C@H]1c1ccc(F)cc1. The number of hydrogen-bond acceptors (Lipinski definition) is 2. The first kappa shape index (κ1) is 16.0. The first-order valence-electron chi connectivity index (χ1n) is 8.38. The van der Waals surface area contributed by atoms with E-state index in [1.165, 1.54) is 12.1 Å². The molecule has 1 N–H and O–H groups in total. The van der Waals surface area contributed by atoms with E-state index in [1.807, 2.05) is 0 Å². The van der Waals surface area contributed by atoms with Crippen molar-refractivity contribution >= 4 is 11.8 Å². The summed E-state index contributed by atoms with van der Waals surface area (Å²) in [5.74, 6) is -0.538. The van der Waals surface area contributed by atoms with E-state index in [4.69, 9.17) is 0 Å². The van der Waals surface area contributed by atoms with Gasteiger partial charge in [-0.1, -0.05) is 25.0 Å². The summed E-state index contributed by atoms with van der Waals surface area (Å²) in [4.78, 5) is 26.4. The van der Waals surface area contributed by atoms with Crippen molar-refractivity contribution < 1.29 is 14.0 Å². The predicted molar refractivity (Wildman–Crippen MR) is 85.0 cm³/mol. The highest BCUT2D eigenvalue weighted by Gasteiger charge is 2.39. The number of amides is 2. The molecule has 0 radical (unpaired) electrons. The van der Waals surface area contributed by atoms with Crippen LogP contribution in [0.5, 0.6) is 0 Å². The minimum atomic E-state index is -0.321. The summed E-state index contributed by atoms with van der Waals surface area (Å²) in [6, 6.07) is 6.05. The summed E-state index contributed by atoms with van der Waals surface area (Å²) < 4.78 is 13.2. The number of piperidine rings is 1. The number of likely N-dealkylation sites (tertiary alicyclic amines) is 1. The second kappa shape index (κ2) is 6.69. The standard InChI is InChI=1S/C18H23FN2O2/c1-21-16(22)11-10-15(18(23)20-14-4-2-3-5-14)17(21)12-6-8-13(19)9-7-12/h6-9,14-15,17H,2-5,10-11H2,1H3,(H,20,23)/t15-,17+/m0/s1. The van der Waals surface area contributed by atoms with Gasteiger partial charge in [-0.05, 0) is 37.0 Å². The molecule has 1 aromatic carbocycles. The Labute approximate surface area is 136 Å². The molecule has 23 heavy (non-hydrogen) atoms. The highest BCUT2D eigenvalue weighted by Crippen LogP contribution is 2.36. The summed E-state index contributed by atoms with van der Waals surface area (Å²) in [7, 11) is 1.73. The van der Waals surface area contributed by atoms with Gasteiger partial charge in [-0.2, -0.15) is 0 Å². The number of carbonyl (C=O) groups is 2. The smallest absolute Gasteiger partial charge is 0.225 e. The van der Waals surface area contributed by atoms with Gasteiger partial charge in [-0.15, -0.1) is 0 Å². The van der Waals surface area contributed by atoms with Crippen molar-refractivity contribution in [2.24, 2.45) is 5.92 Å². The van der Waals surface area contributed by atoms with E-state index in [2.05, 4.69) is 5.32 Å². The zero-order valence-electron chi connectivity index (χ0n) is 13.4. The van der Waals surface area contributed by atoms with Crippen LogP contribution in [0.1, 0.15) is 50.1 Å². The number of nitrogens with one attached hydrogen (secondary N) is 1. The summed E-state index contributed by atoms with van der Waals surface area (Å²) in [6.07, 6.45) is 5.33. The van der Waals surface area contributed by atoms with Crippen molar-refractivity contribution in [2.75, 3.05) is 7.05 Å². The van der Waals surface area contributed by atoms with Crippen LogP contribution in [-0.2, 0) is 9.59 Å². The van der Waals surface area contributed by atoms with Gasteiger partial charge < -0.3 is 10.2 Å². The van der Waals surface area contributed by atoms with Crippen molar-refractivity contribution in [3.8, 4) is 0 Å². The Morgan fingerprint density at radius 3 is 2.48 bits per heavy atom. The van der Waals surface area contributed by atoms with Crippen LogP contribution in [-0.4, -0.2) is 29.8 Å². The van der Waals surface area contributed by atoms with E-state index >= 15 is 0 Å². The van der Waals surface area contributed by atoms with Gasteiger partial charge in [0, 0.05) is 19.5 Å². The molecule has 0 spiro atoms. The van der Waals surface area contributed by atoms with Gasteiger partial charge in [-0.25, -0.2) is 4.39 Å². The molecule has 1 aliphatic heterocycles. The monoisotopic (exact) mass is 318 g/mol. The lowest BCUT2D eigenvalue weighted by Crippen LogP contribution is -2.48. The second-order valence-electron chi connectivity index (χ2n) is 6.64. The van der Waals surface area contributed by atoms with Gasteiger partial charge in [-0.3, -0.25) is 9.59 Å². The first-order chi connectivity index (χ1) is 11.1. The lowest BCUT2D eigenvalue weighted by Gasteiger charge is -2.39. The minimum absolute atomic E-state index is 0.0191. The van der Waals surface area contributed by atoms with Crippen molar-refractivity contribution in [1.29, 1.82) is 0 Å². The maximum atomic E-state index is 13.2. The van der Waals surface area contributed by atoms with E-state index < -0.39 is 0 Å². The van der Waals surface area contributed by atoms with Crippen molar-refractivity contribution in [2.45, 2.75) is 50.6 Å². The fourth-order valence-electron chi connectivity index (χ4n) is 3.81. The highest BCUT2D eigenvalue weighted by molar-refractivity contribution is 5.85. The maximum absolute atomic E-state index is 13.2. The Morgan fingerprint density at radius 2 is 1.83 bits per heavy atom. The van der Waals surface area contributed by atoms with Crippen molar-refractivity contribution in [3.63, 3.8) is 0 Å². The Hall–Kier alpha value is -1.91. The first-order valence-corrected chi connectivity index (χ1v) is 8.38. The lowest BCUT2D eigenvalue weighted by atomic mass is 9.83. The molecule has 0 aromatic heterocycles. The molecule has 5 heteroatoms. The molecule has 0 unspecified atom stereocenters. The Morgan fingerprint density at radius 1 is 1.17 bits per heavy atom. The summed E-state index contributed by atoms with van der Waals surface area (Å²) >= 11 is 0. The molecule has 2 atom stereocenters. The Kier molecular flexibility index (Phi) is 4.64. The number of carbonyl (C=O) groups excluding carboxylic acids is 2. The van der Waals surface area contributed by atoms with Crippen molar-refractivity contribution in [3.05, 3.63) is 35.6 Å². The van der Waals surface area contributed by atoms with Crippen molar-refractivity contribution in [1.82, 2.24) is 10.2 Å². The fourth-order valence-corrected chi connectivity index (χ4v) is 3.81. The average molecular weight is 318 g/mol. The largest absolute Gasteiger partial charge is 0.353 e. The molecular weight excluding hydrogens is 295 g/mol. The van der Waals surface area contributed by atoms with Gasteiger partial charge in [0.15, 0.2) is 0 Å². The van der Waals surface area contributed by atoms with Crippen LogP contribution in [0.15, 0.2) is 24.3 Å². The minimum Gasteiger partial charge on any atom is -0.353 e. The summed E-state index contributed by atoms with van der Waals surface area (Å²) in [6.45, 7) is 0. The highest BCUT2D eigenvalue weighted by atomic mass is 19.1. The zero-order valence-corrected chi connectivity index (χ0v) is 13.4. The maximum Gasteiger partial charge on any atom is 0.225 e. The van der Waals surface area contributed by atoms with E-state index in [-0.39, 0.29) is 35.6 Å². The van der Waals surface area contributed by atoms with Crippen LogP contribution < -0.4 is 5.32 Å². The number of rotatable bonds is 3. The quantitative estimate of drug-likeness (QED) is 0.931. The molecule has 2 fully saturated rings. The third-order valence-corrected chi connectivity index (χ3v) is 5.11. The molecule has 4 nitrogen and oxygen atoms in total. The topological polar surface area (TPSA) is 49.4 Å². The number of halogens is 1. The van der Waals surface area contributed by atoms with Crippen LogP contribution in [0, 0.1) is 11.7 Å². The van der Waals surface area contributed by atoms with E-state index in [0.29, 0.717) is 12.8 Å². The molecule has 1 saturated heterocycles.